The minimum atomic E-state index is -0.447. The Labute approximate surface area is 110 Å². The quantitative estimate of drug-likeness (QED) is 0.598. The van der Waals surface area contributed by atoms with E-state index in [9.17, 15) is 19.8 Å². The summed E-state index contributed by atoms with van der Waals surface area (Å²) in [4.78, 5) is 22.7. The van der Waals surface area contributed by atoms with Crippen molar-refractivity contribution in [3.8, 4) is 11.5 Å². The Balaban J connectivity index is 2.06. The van der Waals surface area contributed by atoms with Gasteiger partial charge in [0.1, 0.15) is 11.5 Å². The number of benzene rings is 1. The molecule has 1 aromatic rings. The van der Waals surface area contributed by atoms with Gasteiger partial charge < -0.3 is 10.2 Å². The van der Waals surface area contributed by atoms with Gasteiger partial charge >= 0.3 is 0 Å². The molecule has 19 heavy (non-hydrogen) atoms. The molecule has 6 heteroatoms. The molecule has 2 unspecified atom stereocenters. The molecule has 6 nitrogen and oxygen atoms in total. The zero-order chi connectivity index (χ0) is 14.0. The topological polar surface area (TPSA) is 98.7 Å². The Kier molecular flexibility index (Phi) is 3.71. The lowest BCUT2D eigenvalue weighted by atomic mass is 10.0. The summed E-state index contributed by atoms with van der Waals surface area (Å²) in [5.41, 5.74) is 0.669. The summed E-state index contributed by atoms with van der Waals surface area (Å²) in [5, 5.41) is 24.2. The predicted molar refractivity (Wildman–Crippen MR) is 67.5 cm³/mol. The summed E-state index contributed by atoms with van der Waals surface area (Å²) in [6.07, 6.45) is 0.751. The molecule has 1 saturated heterocycles. The van der Waals surface area contributed by atoms with Gasteiger partial charge in [-0.25, -0.2) is 0 Å². The summed E-state index contributed by atoms with van der Waals surface area (Å²) in [5.74, 6) is -0.669. The zero-order valence-electron chi connectivity index (χ0n) is 10.5. The Bertz CT molecular complexity index is 495. The normalized spacial score (nSPS) is 21.0. The van der Waals surface area contributed by atoms with Gasteiger partial charge in [0.15, 0.2) is 0 Å². The number of phenolic OH excluding ortho intramolecular Hbond substituents is 2. The molecule has 0 aromatic heterocycles. The summed E-state index contributed by atoms with van der Waals surface area (Å²) in [6.45, 7) is 1.82. The van der Waals surface area contributed by atoms with Crippen LogP contribution in [0.15, 0.2) is 18.2 Å². The van der Waals surface area contributed by atoms with Crippen molar-refractivity contribution in [1.29, 1.82) is 0 Å². The molecule has 2 atom stereocenters. The first-order chi connectivity index (χ1) is 8.95. The van der Waals surface area contributed by atoms with E-state index >= 15 is 0 Å². The van der Waals surface area contributed by atoms with Crippen LogP contribution >= 0.6 is 0 Å². The van der Waals surface area contributed by atoms with Crippen LogP contribution in [0.4, 0.5) is 0 Å². The number of aromatic hydroxyl groups is 2. The minimum Gasteiger partial charge on any atom is -0.508 e. The van der Waals surface area contributed by atoms with Crippen LogP contribution in [0.1, 0.15) is 31.4 Å². The van der Waals surface area contributed by atoms with Gasteiger partial charge in [-0.15, -0.1) is 0 Å². The standard InChI is InChI=1S/C13H16N2O4/c1-7(8-4-9(16)6-10(17)5-8)14-11-2-3-12(18)15-13(11)19/h4-7,11,14,16-17H,2-3H2,1H3,(H,15,18,19). The number of hydrogen-bond donors (Lipinski definition) is 4. The van der Waals surface area contributed by atoms with E-state index in [0.29, 0.717) is 18.4 Å². The van der Waals surface area contributed by atoms with Crippen LogP contribution in [0.25, 0.3) is 0 Å². The lowest BCUT2D eigenvalue weighted by Crippen LogP contribution is -2.51. The Hall–Kier alpha value is -2.08. The number of carbonyl (C=O) groups excluding carboxylic acids is 2. The van der Waals surface area contributed by atoms with Gasteiger partial charge in [0.25, 0.3) is 0 Å². The highest BCUT2D eigenvalue weighted by atomic mass is 16.3. The molecule has 1 heterocycles. The number of hydrogen-bond acceptors (Lipinski definition) is 5. The van der Waals surface area contributed by atoms with Gasteiger partial charge in [0.05, 0.1) is 6.04 Å². The van der Waals surface area contributed by atoms with E-state index in [1.165, 1.54) is 18.2 Å². The molecule has 1 fully saturated rings. The second-order valence-corrected chi connectivity index (χ2v) is 4.67. The third-order valence-corrected chi connectivity index (χ3v) is 3.12. The van der Waals surface area contributed by atoms with Crippen molar-refractivity contribution in [3.05, 3.63) is 23.8 Å². The maximum Gasteiger partial charge on any atom is 0.243 e. The number of nitrogens with one attached hydrogen (secondary N) is 2. The SMILES string of the molecule is CC(NC1CCC(=O)NC1=O)c1cc(O)cc(O)c1. The summed E-state index contributed by atoms with van der Waals surface area (Å²) in [7, 11) is 0. The first-order valence-corrected chi connectivity index (χ1v) is 6.08. The fourth-order valence-electron chi connectivity index (χ4n) is 2.12. The first-order valence-electron chi connectivity index (χ1n) is 6.08. The summed E-state index contributed by atoms with van der Waals surface area (Å²) >= 11 is 0. The Morgan fingerprint density at radius 1 is 1.26 bits per heavy atom. The van der Waals surface area contributed by atoms with Crippen molar-refractivity contribution in [2.24, 2.45) is 0 Å². The molecule has 1 aromatic carbocycles. The third kappa shape index (κ3) is 3.23. The van der Waals surface area contributed by atoms with Crippen LogP contribution in [0.3, 0.4) is 0 Å². The van der Waals surface area contributed by atoms with Crippen LogP contribution < -0.4 is 10.6 Å². The van der Waals surface area contributed by atoms with Gasteiger partial charge in [0, 0.05) is 18.5 Å². The molecule has 0 radical (unpaired) electrons. The van der Waals surface area contributed by atoms with Gasteiger partial charge in [0.2, 0.25) is 11.8 Å². The fourth-order valence-corrected chi connectivity index (χ4v) is 2.12. The number of rotatable bonds is 3. The molecule has 2 rings (SSSR count). The van der Waals surface area contributed by atoms with Gasteiger partial charge in [-0.05, 0) is 31.0 Å². The smallest absolute Gasteiger partial charge is 0.243 e. The van der Waals surface area contributed by atoms with Crippen molar-refractivity contribution in [2.45, 2.75) is 31.8 Å². The highest BCUT2D eigenvalue weighted by molar-refractivity contribution is 6.00. The van der Waals surface area contributed by atoms with Gasteiger partial charge in [-0.2, -0.15) is 0 Å². The molecule has 0 bridgehead atoms. The highest BCUT2D eigenvalue weighted by Crippen LogP contribution is 2.25. The predicted octanol–water partition coefficient (Wildman–Crippen LogP) is 0.554. The van der Waals surface area contributed by atoms with Crippen molar-refractivity contribution >= 4 is 11.8 Å². The number of amides is 2. The zero-order valence-corrected chi connectivity index (χ0v) is 10.5. The largest absolute Gasteiger partial charge is 0.508 e. The third-order valence-electron chi connectivity index (χ3n) is 3.12. The van der Waals surface area contributed by atoms with Crippen molar-refractivity contribution in [3.63, 3.8) is 0 Å². The molecule has 0 spiro atoms. The highest BCUT2D eigenvalue weighted by Gasteiger charge is 2.27. The van der Waals surface area contributed by atoms with Crippen molar-refractivity contribution in [2.75, 3.05) is 0 Å². The number of carbonyl (C=O) groups is 2. The average molecular weight is 264 g/mol. The molecule has 0 aliphatic carbocycles. The fraction of sp³-hybridized carbons (Fsp3) is 0.385. The van der Waals surface area contributed by atoms with E-state index in [1.54, 1.807) is 0 Å². The number of imide groups is 1. The minimum absolute atomic E-state index is 0.0353. The van der Waals surface area contributed by atoms with E-state index in [2.05, 4.69) is 10.6 Å². The molecule has 4 N–H and O–H groups in total. The van der Waals surface area contributed by atoms with E-state index < -0.39 is 6.04 Å². The molecule has 1 aliphatic heterocycles. The van der Waals surface area contributed by atoms with Crippen LogP contribution in [-0.4, -0.2) is 28.1 Å². The van der Waals surface area contributed by atoms with E-state index in [0.717, 1.165) is 0 Å². The maximum atomic E-state index is 11.6. The monoisotopic (exact) mass is 264 g/mol. The van der Waals surface area contributed by atoms with E-state index in [1.807, 2.05) is 6.92 Å². The first kappa shape index (κ1) is 13.4. The second-order valence-electron chi connectivity index (χ2n) is 4.67. The van der Waals surface area contributed by atoms with Crippen LogP contribution in [0, 0.1) is 0 Å². The van der Waals surface area contributed by atoms with Gasteiger partial charge in [-0.3, -0.25) is 20.2 Å². The lowest BCUT2D eigenvalue weighted by Gasteiger charge is -2.25. The molecular weight excluding hydrogens is 248 g/mol. The second kappa shape index (κ2) is 5.27. The Morgan fingerprint density at radius 2 is 1.89 bits per heavy atom. The van der Waals surface area contributed by atoms with E-state index in [-0.39, 0.29) is 29.4 Å². The summed E-state index contributed by atoms with van der Waals surface area (Å²) < 4.78 is 0. The average Bonchev–Trinajstić information content (AvgIpc) is 2.31. The number of piperidine rings is 1. The van der Waals surface area contributed by atoms with Crippen molar-refractivity contribution < 1.29 is 19.8 Å². The van der Waals surface area contributed by atoms with Crippen molar-refractivity contribution in [1.82, 2.24) is 10.6 Å². The van der Waals surface area contributed by atoms with Crippen LogP contribution in [0.2, 0.25) is 0 Å². The van der Waals surface area contributed by atoms with E-state index in [4.69, 9.17) is 0 Å². The number of phenols is 2. The van der Waals surface area contributed by atoms with Crippen LogP contribution in [-0.2, 0) is 9.59 Å². The molecule has 2 amide bonds. The maximum absolute atomic E-state index is 11.6. The lowest BCUT2D eigenvalue weighted by molar-refractivity contribution is -0.134. The Morgan fingerprint density at radius 3 is 2.47 bits per heavy atom. The van der Waals surface area contributed by atoms with Gasteiger partial charge in [-0.1, -0.05) is 0 Å². The molecule has 1 aliphatic rings. The molecular formula is C13H16N2O4. The van der Waals surface area contributed by atoms with Crippen LogP contribution in [0.5, 0.6) is 11.5 Å². The molecule has 102 valence electrons. The molecule has 0 saturated carbocycles. The summed E-state index contributed by atoms with van der Waals surface area (Å²) in [6, 6.07) is 3.59.